The largest absolute Gasteiger partial charge is 0.457 e. The SMILES string of the molecule is O=C(Nc1ccc(Oc2ccccc2)cc1)N[C@@H]1CCCNC1=O. The Hall–Kier alpha value is -3.02. The van der Waals surface area contributed by atoms with Crippen molar-refractivity contribution in [2.45, 2.75) is 18.9 Å². The zero-order valence-corrected chi connectivity index (χ0v) is 13.1. The van der Waals surface area contributed by atoms with Crippen molar-refractivity contribution >= 4 is 17.6 Å². The van der Waals surface area contributed by atoms with E-state index >= 15 is 0 Å². The van der Waals surface area contributed by atoms with E-state index in [0.717, 1.165) is 12.2 Å². The molecule has 1 aliphatic heterocycles. The van der Waals surface area contributed by atoms with E-state index in [9.17, 15) is 9.59 Å². The molecule has 0 aromatic heterocycles. The van der Waals surface area contributed by atoms with E-state index in [0.29, 0.717) is 24.4 Å². The van der Waals surface area contributed by atoms with Crippen LogP contribution in [0.25, 0.3) is 0 Å². The summed E-state index contributed by atoms with van der Waals surface area (Å²) in [7, 11) is 0. The van der Waals surface area contributed by atoms with E-state index in [-0.39, 0.29) is 5.91 Å². The standard InChI is InChI=1S/C18H19N3O3/c22-17-16(7-4-12-19-17)21-18(23)20-13-8-10-15(11-9-13)24-14-5-2-1-3-6-14/h1-3,5-6,8-11,16H,4,7,12H2,(H,19,22)(H2,20,21,23)/t16-/m1/s1. The van der Waals surface area contributed by atoms with Crippen LogP contribution in [-0.4, -0.2) is 24.5 Å². The Bertz CT molecular complexity index is 701. The van der Waals surface area contributed by atoms with Crippen LogP contribution in [0.3, 0.4) is 0 Å². The molecule has 124 valence electrons. The van der Waals surface area contributed by atoms with Crippen LogP contribution in [0.2, 0.25) is 0 Å². The first-order valence-corrected chi connectivity index (χ1v) is 7.89. The molecule has 1 saturated heterocycles. The van der Waals surface area contributed by atoms with Gasteiger partial charge in [-0.05, 0) is 49.2 Å². The predicted molar refractivity (Wildman–Crippen MR) is 91.1 cm³/mol. The number of nitrogens with one attached hydrogen (secondary N) is 3. The molecule has 1 fully saturated rings. The van der Waals surface area contributed by atoms with Gasteiger partial charge in [-0.25, -0.2) is 4.79 Å². The second-order valence-electron chi connectivity index (χ2n) is 5.52. The predicted octanol–water partition coefficient (Wildman–Crippen LogP) is 2.88. The van der Waals surface area contributed by atoms with Crippen LogP contribution in [0.5, 0.6) is 11.5 Å². The number of anilines is 1. The number of amides is 3. The third kappa shape index (κ3) is 4.25. The summed E-state index contributed by atoms with van der Waals surface area (Å²) in [5.41, 5.74) is 0.629. The van der Waals surface area contributed by atoms with Gasteiger partial charge in [0.05, 0.1) is 0 Å². The Morgan fingerprint density at radius 2 is 1.75 bits per heavy atom. The van der Waals surface area contributed by atoms with Crippen molar-refractivity contribution in [3.63, 3.8) is 0 Å². The van der Waals surface area contributed by atoms with Gasteiger partial charge in [-0.2, -0.15) is 0 Å². The summed E-state index contributed by atoms with van der Waals surface area (Å²) in [5, 5.41) is 8.13. The van der Waals surface area contributed by atoms with E-state index in [4.69, 9.17) is 4.74 Å². The maximum absolute atomic E-state index is 12.0. The molecule has 6 heteroatoms. The quantitative estimate of drug-likeness (QED) is 0.808. The minimum Gasteiger partial charge on any atom is -0.457 e. The maximum Gasteiger partial charge on any atom is 0.319 e. The first-order valence-electron chi connectivity index (χ1n) is 7.89. The van der Waals surface area contributed by atoms with E-state index in [1.54, 1.807) is 24.3 Å². The lowest BCUT2D eigenvalue weighted by Crippen LogP contribution is -2.51. The van der Waals surface area contributed by atoms with Crippen molar-refractivity contribution in [2.75, 3.05) is 11.9 Å². The van der Waals surface area contributed by atoms with Crippen molar-refractivity contribution in [2.24, 2.45) is 0 Å². The number of benzene rings is 2. The van der Waals surface area contributed by atoms with Gasteiger partial charge in [-0.1, -0.05) is 18.2 Å². The lowest BCUT2D eigenvalue weighted by atomic mass is 10.1. The van der Waals surface area contributed by atoms with E-state index in [1.165, 1.54) is 0 Å². The highest BCUT2D eigenvalue weighted by Crippen LogP contribution is 2.22. The molecule has 0 unspecified atom stereocenters. The maximum atomic E-state index is 12.0. The van der Waals surface area contributed by atoms with Gasteiger partial charge in [0.1, 0.15) is 17.5 Å². The van der Waals surface area contributed by atoms with Gasteiger partial charge < -0.3 is 20.7 Å². The molecular formula is C18H19N3O3. The second kappa shape index (κ2) is 7.50. The molecule has 0 bridgehead atoms. The number of carbonyl (C=O) groups is 2. The fourth-order valence-corrected chi connectivity index (χ4v) is 2.47. The fourth-order valence-electron chi connectivity index (χ4n) is 2.47. The Kier molecular flexibility index (Phi) is 4.96. The summed E-state index contributed by atoms with van der Waals surface area (Å²) >= 11 is 0. The number of rotatable bonds is 4. The summed E-state index contributed by atoms with van der Waals surface area (Å²) < 4.78 is 5.69. The van der Waals surface area contributed by atoms with Crippen LogP contribution in [0.1, 0.15) is 12.8 Å². The Balaban J connectivity index is 1.54. The number of hydrogen-bond donors (Lipinski definition) is 3. The summed E-state index contributed by atoms with van der Waals surface area (Å²) in [6, 6.07) is 15.6. The van der Waals surface area contributed by atoms with Crippen LogP contribution in [-0.2, 0) is 4.79 Å². The van der Waals surface area contributed by atoms with Gasteiger partial charge in [0.25, 0.3) is 0 Å². The summed E-state index contributed by atoms with van der Waals surface area (Å²) in [6.07, 6.45) is 1.52. The molecule has 0 radical (unpaired) electrons. The number of para-hydroxylation sites is 1. The molecule has 24 heavy (non-hydrogen) atoms. The van der Waals surface area contributed by atoms with Crippen LogP contribution in [0, 0.1) is 0 Å². The zero-order chi connectivity index (χ0) is 16.8. The average molecular weight is 325 g/mol. The lowest BCUT2D eigenvalue weighted by molar-refractivity contribution is -0.124. The highest BCUT2D eigenvalue weighted by atomic mass is 16.5. The molecule has 2 aromatic carbocycles. The fraction of sp³-hybridized carbons (Fsp3) is 0.222. The average Bonchev–Trinajstić information content (AvgIpc) is 2.60. The Labute approximate surface area is 140 Å². The lowest BCUT2D eigenvalue weighted by Gasteiger charge is -2.22. The van der Waals surface area contributed by atoms with Gasteiger partial charge in [0.15, 0.2) is 0 Å². The molecule has 2 aromatic rings. The second-order valence-corrected chi connectivity index (χ2v) is 5.52. The van der Waals surface area contributed by atoms with Gasteiger partial charge in [0.2, 0.25) is 5.91 Å². The van der Waals surface area contributed by atoms with Crippen molar-refractivity contribution in [1.82, 2.24) is 10.6 Å². The molecule has 3 amide bonds. The molecule has 1 heterocycles. The number of ether oxygens (including phenoxy) is 1. The van der Waals surface area contributed by atoms with Crippen molar-refractivity contribution < 1.29 is 14.3 Å². The van der Waals surface area contributed by atoms with Gasteiger partial charge >= 0.3 is 6.03 Å². The molecule has 0 aliphatic carbocycles. The van der Waals surface area contributed by atoms with Gasteiger partial charge in [-0.15, -0.1) is 0 Å². The normalized spacial score (nSPS) is 16.8. The van der Waals surface area contributed by atoms with Crippen LogP contribution in [0.4, 0.5) is 10.5 Å². The summed E-state index contributed by atoms with van der Waals surface area (Å²) in [5.74, 6) is 1.29. The van der Waals surface area contributed by atoms with E-state index in [1.807, 2.05) is 30.3 Å². The van der Waals surface area contributed by atoms with Gasteiger partial charge in [-0.3, -0.25) is 4.79 Å². The van der Waals surface area contributed by atoms with Crippen LogP contribution < -0.4 is 20.7 Å². The molecule has 3 N–H and O–H groups in total. The minimum absolute atomic E-state index is 0.136. The molecule has 1 atom stereocenters. The number of urea groups is 1. The van der Waals surface area contributed by atoms with Crippen LogP contribution in [0.15, 0.2) is 54.6 Å². The zero-order valence-electron chi connectivity index (χ0n) is 13.1. The van der Waals surface area contributed by atoms with Crippen molar-refractivity contribution in [3.8, 4) is 11.5 Å². The van der Waals surface area contributed by atoms with E-state index in [2.05, 4.69) is 16.0 Å². The molecule has 3 rings (SSSR count). The minimum atomic E-state index is -0.473. The monoisotopic (exact) mass is 325 g/mol. The molecule has 0 saturated carbocycles. The smallest absolute Gasteiger partial charge is 0.319 e. The third-order valence-electron chi connectivity index (χ3n) is 3.68. The highest BCUT2D eigenvalue weighted by molar-refractivity contribution is 5.93. The molecule has 0 spiro atoms. The Morgan fingerprint density at radius 1 is 1.04 bits per heavy atom. The molecule has 1 aliphatic rings. The van der Waals surface area contributed by atoms with Crippen molar-refractivity contribution in [3.05, 3.63) is 54.6 Å². The number of piperidine rings is 1. The third-order valence-corrected chi connectivity index (χ3v) is 3.68. The first kappa shape index (κ1) is 15.9. The summed E-state index contributed by atoms with van der Waals surface area (Å²) in [6.45, 7) is 0.668. The van der Waals surface area contributed by atoms with E-state index < -0.39 is 12.1 Å². The summed E-state index contributed by atoms with van der Waals surface area (Å²) in [4.78, 5) is 23.6. The first-order chi connectivity index (χ1) is 11.7. The van der Waals surface area contributed by atoms with Crippen LogP contribution >= 0.6 is 0 Å². The highest BCUT2D eigenvalue weighted by Gasteiger charge is 2.23. The molecule has 6 nitrogen and oxygen atoms in total. The number of hydrogen-bond acceptors (Lipinski definition) is 3. The topological polar surface area (TPSA) is 79.5 Å². The Morgan fingerprint density at radius 3 is 2.46 bits per heavy atom. The molecular weight excluding hydrogens is 306 g/mol. The van der Waals surface area contributed by atoms with Gasteiger partial charge in [0, 0.05) is 12.2 Å². The van der Waals surface area contributed by atoms with Crippen molar-refractivity contribution in [1.29, 1.82) is 0 Å². The number of carbonyl (C=O) groups excluding carboxylic acids is 2.